The van der Waals surface area contributed by atoms with E-state index in [0.29, 0.717) is 23.2 Å². The molecule has 0 spiro atoms. The zero-order chi connectivity index (χ0) is 23.4. The molecule has 1 amide bonds. The molecule has 9 nitrogen and oxygen atoms in total. The van der Waals surface area contributed by atoms with Gasteiger partial charge in [0, 0.05) is 31.7 Å². The van der Waals surface area contributed by atoms with E-state index in [1.807, 2.05) is 29.2 Å². The molecule has 1 N–H and O–H groups in total. The van der Waals surface area contributed by atoms with Crippen molar-refractivity contribution in [2.24, 2.45) is 11.8 Å². The summed E-state index contributed by atoms with van der Waals surface area (Å²) in [4.78, 5) is 31.0. The van der Waals surface area contributed by atoms with Gasteiger partial charge in [0.1, 0.15) is 5.75 Å². The number of benzene rings is 1. The van der Waals surface area contributed by atoms with Crippen LogP contribution >= 0.6 is 0 Å². The molecule has 3 atom stereocenters. The number of carbonyl (C=O) groups excluding carboxylic acids is 1. The zero-order valence-corrected chi connectivity index (χ0v) is 18.9. The van der Waals surface area contributed by atoms with Crippen molar-refractivity contribution in [2.45, 2.75) is 19.4 Å². The van der Waals surface area contributed by atoms with Crippen LogP contribution in [0.3, 0.4) is 0 Å². The molecule has 5 rings (SSSR count). The first kappa shape index (κ1) is 22.7. The summed E-state index contributed by atoms with van der Waals surface area (Å²) in [5.41, 5.74) is 2.38. The molecule has 2 aliphatic heterocycles. The lowest BCUT2D eigenvalue weighted by molar-refractivity contribution is -0.122. The predicted octanol–water partition coefficient (Wildman–Crippen LogP) is 2.59. The molecule has 0 unspecified atom stereocenters. The van der Waals surface area contributed by atoms with E-state index in [1.54, 1.807) is 24.0 Å². The van der Waals surface area contributed by atoms with Gasteiger partial charge in [-0.2, -0.15) is 5.10 Å². The van der Waals surface area contributed by atoms with Crippen LogP contribution in [-0.4, -0.2) is 75.2 Å². The molecule has 33 heavy (non-hydrogen) atoms. The molecule has 0 saturated carbocycles. The van der Waals surface area contributed by atoms with Gasteiger partial charge < -0.3 is 19.6 Å². The number of carboxylic acid groups (broad SMARTS) is 1. The highest BCUT2D eigenvalue weighted by Gasteiger charge is 2.49. The smallest absolute Gasteiger partial charge is 0.290 e. The van der Waals surface area contributed by atoms with Crippen molar-refractivity contribution in [3.63, 3.8) is 0 Å². The molecule has 0 bridgehead atoms. The number of nitrogens with zero attached hydrogens (tertiary/aromatic N) is 5. The van der Waals surface area contributed by atoms with Crippen molar-refractivity contribution in [3.8, 4) is 5.75 Å². The lowest BCUT2D eigenvalue weighted by atomic mass is 9.89. The first-order valence-electron chi connectivity index (χ1n) is 11.1. The second kappa shape index (κ2) is 9.99. The number of amides is 1. The standard InChI is InChI=1S/C23H27N5O2.CH2O2/c1-3-11-26-13-17-14-27(23(29)20-12-24-21-5-4-10-25-28(20)21)22(19(17)15-26)16-6-8-18(30-2)9-7-16;2-1-3/h4-10,12,17,19,22H,3,11,13-15H2,1-2H3;1H,(H,2,3)/t17-,19-,22-;/m0./s1. The largest absolute Gasteiger partial charge is 0.497 e. The van der Waals surface area contributed by atoms with Crippen molar-refractivity contribution < 1.29 is 19.4 Å². The molecule has 3 aromatic rings. The van der Waals surface area contributed by atoms with Gasteiger partial charge in [0.2, 0.25) is 0 Å². The summed E-state index contributed by atoms with van der Waals surface area (Å²) >= 11 is 0. The molecule has 1 aromatic carbocycles. The lowest BCUT2D eigenvalue weighted by Gasteiger charge is -2.29. The number of hydrogen-bond acceptors (Lipinski definition) is 6. The van der Waals surface area contributed by atoms with E-state index in [4.69, 9.17) is 14.6 Å². The predicted molar refractivity (Wildman–Crippen MR) is 122 cm³/mol. The minimum atomic E-state index is -0.250. The molecule has 2 aromatic heterocycles. The zero-order valence-electron chi connectivity index (χ0n) is 18.9. The molecule has 174 valence electrons. The second-order valence-corrected chi connectivity index (χ2v) is 8.40. The summed E-state index contributed by atoms with van der Waals surface area (Å²) in [7, 11) is 1.67. The molecule has 2 saturated heterocycles. The van der Waals surface area contributed by atoms with Gasteiger partial charge in [-0.25, -0.2) is 9.50 Å². The van der Waals surface area contributed by atoms with Crippen LogP contribution in [-0.2, 0) is 4.79 Å². The minimum Gasteiger partial charge on any atom is -0.497 e. The van der Waals surface area contributed by atoms with E-state index in [-0.39, 0.29) is 18.4 Å². The number of hydrogen-bond donors (Lipinski definition) is 1. The van der Waals surface area contributed by atoms with Gasteiger partial charge in [0.15, 0.2) is 11.3 Å². The maximum absolute atomic E-state index is 13.7. The second-order valence-electron chi connectivity index (χ2n) is 8.40. The third kappa shape index (κ3) is 4.41. The maximum atomic E-state index is 13.7. The average Bonchev–Trinajstić information content (AvgIpc) is 3.52. The summed E-state index contributed by atoms with van der Waals surface area (Å²) in [6.45, 7) is 5.95. The molecule has 2 fully saturated rings. The van der Waals surface area contributed by atoms with Gasteiger partial charge in [0.05, 0.1) is 19.3 Å². The van der Waals surface area contributed by atoms with E-state index in [0.717, 1.165) is 43.9 Å². The highest BCUT2D eigenvalue weighted by Crippen LogP contribution is 2.45. The fourth-order valence-corrected chi connectivity index (χ4v) is 5.20. The highest BCUT2D eigenvalue weighted by atomic mass is 16.5. The molecule has 9 heteroatoms. The summed E-state index contributed by atoms with van der Waals surface area (Å²) < 4.78 is 6.98. The van der Waals surface area contributed by atoms with E-state index in [9.17, 15) is 4.79 Å². The van der Waals surface area contributed by atoms with Gasteiger partial charge in [0.25, 0.3) is 12.4 Å². The summed E-state index contributed by atoms with van der Waals surface area (Å²) in [5.74, 6) is 1.75. The van der Waals surface area contributed by atoms with Crippen LogP contribution in [0.4, 0.5) is 0 Å². The Kier molecular flexibility index (Phi) is 6.88. The molecule has 0 aliphatic carbocycles. The van der Waals surface area contributed by atoms with Crippen molar-refractivity contribution in [2.75, 3.05) is 33.3 Å². The normalized spacial score (nSPS) is 22.0. The van der Waals surface area contributed by atoms with E-state index in [1.165, 1.54) is 0 Å². The first-order chi connectivity index (χ1) is 16.1. The summed E-state index contributed by atoms with van der Waals surface area (Å²) in [5, 5.41) is 11.2. The van der Waals surface area contributed by atoms with Gasteiger partial charge in [-0.05, 0) is 48.7 Å². The van der Waals surface area contributed by atoms with Crippen LogP contribution in [0, 0.1) is 11.8 Å². The molecule has 4 heterocycles. The number of rotatable bonds is 5. The fourth-order valence-electron chi connectivity index (χ4n) is 5.20. The van der Waals surface area contributed by atoms with Crippen LogP contribution in [0.25, 0.3) is 5.65 Å². The SMILES string of the molecule is CCCN1C[C@H]2CN(C(=O)c3cnc4cccnn34)[C@@H](c3ccc(OC)cc3)[C@H]2C1.O=CO. The van der Waals surface area contributed by atoms with Crippen molar-refractivity contribution in [1.82, 2.24) is 24.4 Å². The van der Waals surface area contributed by atoms with E-state index in [2.05, 4.69) is 34.0 Å². The first-order valence-corrected chi connectivity index (χ1v) is 11.1. The summed E-state index contributed by atoms with van der Waals surface area (Å²) in [6, 6.07) is 11.9. The number of carbonyl (C=O) groups is 2. The quantitative estimate of drug-likeness (QED) is 0.595. The number of ether oxygens (including phenoxy) is 1. The monoisotopic (exact) mass is 451 g/mol. The van der Waals surface area contributed by atoms with Gasteiger partial charge in [-0.1, -0.05) is 19.1 Å². The fraction of sp³-hybridized carbons (Fsp3) is 0.417. The third-order valence-corrected chi connectivity index (χ3v) is 6.49. The number of methoxy groups -OCH3 is 1. The van der Waals surface area contributed by atoms with Crippen LogP contribution in [0.1, 0.15) is 35.4 Å². The Balaban J connectivity index is 0.000000821. The number of imidazole rings is 1. The Morgan fingerprint density at radius 2 is 1.97 bits per heavy atom. The van der Waals surface area contributed by atoms with Crippen molar-refractivity contribution in [1.29, 1.82) is 0 Å². The van der Waals surface area contributed by atoms with Gasteiger partial charge in [-0.15, -0.1) is 0 Å². The average molecular weight is 452 g/mol. The third-order valence-electron chi connectivity index (χ3n) is 6.49. The van der Waals surface area contributed by atoms with Crippen molar-refractivity contribution in [3.05, 3.63) is 60.0 Å². The minimum absolute atomic E-state index is 0.00143. The Morgan fingerprint density at radius 1 is 1.21 bits per heavy atom. The topological polar surface area (TPSA) is 100 Å². The van der Waals surface area contributed by atoms with Crippen molar-refractivity contribution >= 4 is 18.0 Å². The number of fused-ring (bicyclic) bond motifs is 2. The van der Waals surface area contributed by atoms with Crippen LogP contribution in [0.2, 0.25) is 0 Å². The molecular weight excluding hydrogens is 422 g/mol. The van der Waals surface area contributed by atoms with Crippen LogP contribution in [0.5, 0.6) is 5.75 Å². The molecule has 2 aliphatic rings. The Bertz CT molecular complexity index is 1100. The molecular formula is C24H29N5O4. The molecule has 0 radical (unpaired) electrons. The highest BCUT2D eigenvalue weighted by molar-refractivity contribution is 5.93. The van der Waals surface area contributed by atoms with E-state index < -0.39 is 0 Å². The Morgan fingerprint density at radius 3 is 2.67 bits per heavy atom. The van der Waals surface area contributed by atoms with Crippen LogP contribution < -0.4 is 4.74 Å². The van der Waals surface area contributed by atoms with E-state index >= 15 is 0 Å². The number of aromatic nitrogens is 3. The van der Waals surface area contributed by atoms with Gasteiger partial charge >= 0.3 is 0 Å². The summed E-state index contributed by atoms with van der Waals surface area (Å²) in [6.07, 6.45) is 4.49. The lowest BCUT2D eigenvalue weighted by Crippen LogP contribution is -2.36. The Labute approximate surface area is 192 Å². The van der Waals surface area contributed by atoms with Gasteiger partial charge in [-0.3, -0.25) is 9.59 Å². The number of likely N-dealkylation sites (tertiary alicyclic amines) is 2. The maximum Gasteiger partial charge on any atom is 0.290 e. The van der Waals surface area contributed by atoms with Crippen LogP contribution in [0.15, 0.2) is 48.8 Å². The Hall–Kier alpha value is -3.46.